The Morgan fingerprint density at radius 3 is 2.41 bits per heavy atom. The minimum atomic E-state index is -0.709. The summed E-state index contributed by atoms with van der Waals surface area (Å²) in [6.45, 7) is 14.4. The number of hydrogen-bond acceptors (Lipinski definition) is 5. The zero-order chi connectivity index (χ0) is 21.5. The molecule has 0 bridgehead atoms. The number of likely N-dealkylation sites (tertiary alicyclic amines) is 1. The van der Waals surface area contributed by atoms with Crippen LogP contribution in [0.25, 0.3) is 0 Å². The second-order valence-electron chi connectivity index (χ2n) is 10.1. The van der Waals surface area contributed by atoms with E-state index in [9.17, 15) is 9.59 Å². The van der Waals surface area contributed by atoms with Crippen LogP contribution in [-0.2, 0) is 14.3 Å². The molecular formula is C23H43N3O3. The third-order valence-electron chi connectivity index (χ3n) is 6.42. The number of esters is 1. The Balaban J connectivity index is 1.87. The monoisotopic (exact) mass is 409 g/mol. The zero-order valence-corrected chi connectivity index (χ0v) is 19.3. The van der Waals surface area contributed by atoms with Gasteiger partial charge in [-0.25, -0.2) is 0 Å². The average Bonchev–Trinajstić information content (AvgIpc) is 3.00. The molecule has 0 aromatic rings. The molecule has 0 radical (unpaired) electrons. The minimum Gasteiger partial charge on any atom is -0.460 e. The van der Waals surface area contributed by atoms with Crippen LogP contribution in [-0.4, -0.2) is 61.1 Å². The molecule has 6 nitrogen and oxygen atoms in total. The molecule has 6 heteroatoms. The molecule has 0 spiro atoms. The number of nitrogens with zero attached hydrogens (tertiary/aromatic N) is 1. The van der Waals surface area contributed by atoms with Crippen LogP contribution in [0.1, 0.15) is 79.6 Å². The summed E-state index contributed by atoms with van der Waals surface area (Å²) >= 11 is 0. The van der Waals surface area contributed by atoms with Crippen molar-refractivity contribution < 1.29 is 14.3 Å². The first-order valence-electron chi connectivity index (χ1n) is 11.6. The third-order valence-corrected chi connectivity index (χ3v) is 6.42. The maximum Gasteiger partial charge on any atom is 0.307 e. The van der Waals surface area contributed by atoms with Crippen LogP contribution in [0.5, 0.6) is 0 Å². The second kappa shape index (κ2) is 10.8. The van der Waals surface area contributed by atoms with Crippen molar-refractivity contribution in [2.24, 2.45) is 11.3 Å². The predicted molar refractivity (Wildman–Crippen MR) is 117 cm³/mol. The Morgan fingerprint density at radius 1 is 1.17 bits per heavy atom. The summed E-state index contributed by atoms with van der Waals surface area (Å²) in [6, 6.07) is 0.206. The molecule has 0 saturated carbocycles. The molecular weight excluding hydrogens is 366 g/mol. The summed E-state index contributed by atoms with van der Waals surface area (Å²) in [6.07, 6.45) is 7.29. The van der Waals surface area contributed by atoms with E-state index in [1.165, 1.54) is 32.2 Å². The van der Waals surface area contributed by atoms with Crippen LogP contribution in [0, 0.1) is 11.3 Å². The molecule has 2 aliphatic heterocycles. The number of rotatable bonds is 9. The van der Waals surface area contributed by atoms with E-state index in [2.05, 4.69) is 29.4 Å². The fourth-order valence-electron chi connectivity index (χ4n) is 4.53. The molecule has 2 aliphatic rings. The highest BCUT2D eigenvalue weighted by Crippen LogP contribution is 2.36. The van der Waals surface area contributed by atoms with Crippen molar-refractivity contribution in [1.29, 1.82) is 0 Å². The van der Waals surface area contributed by atoms with Crippen molar-refractivity contribution in [2.45, 2.75) is 91.2 Å². The maximum absolute atomic E-state index is 13.3. The number of carbonyl (C=O) groups is 2. The molecule has 0 aromatic heterocycles. The van der Waals surface area contributed by atoms with Gasteiger partial charge in [-0.15, -0.1) is 0 Å². The average molecular weight is 410 g/mol. The first-order chi connectivity index (χ1) is 13.7. The summed E-state index contributed by atoms with van der Waals surface area (Å²) in [4.78, 5) is 28.3. The van der Waals surface area contributed by atoms with Gasteiger partial charge in [-0.05, 0) is 59.0 Å². The first kappa shape index (κ1) is 24.1. The predicted octanol–water partition coefficient (Wildman–Crippen LogP) is 3.10. The molecule has 2 N–H and O–H groups in total. The molecule has 168 valence electrons. The Bertz CT molecular complexity index is 538. The number of piperidine rings is 1. The molecule has 1 amide bonds. The van der Waals surface area contributed by atoms with Gasteiger partial charge < -0.3 is 20.3 Å². The molecule has 0 aliphatic carbocycles. The van der Waals surface area contributed by atoms with Crippen molar-refractivity contribution in [3.05, 3.63) is 0 Å². The largest absolute Gasteiger partial charge is 0.460 e. The van der Waals surface area contributed by atoms with E-state index in [0.29, 0.717) is 6.54 Å². The fraction of sp³-hybridized carbons (Fsp3) is 0.913. The lowest BCUT2D eigenvalue weighted by atomic mass is 9.75. The Labute approximate surface area is 177 Å². The van der Waals surface area contributed by atoms with E-state index >= 15 is 0 Å². The second-order valence-corrected chi connectivity index (χ2v) is 10.1. The van der Waals surface area contributed by atoms with Gasteiger partial charge in [0.25, 0.3) is 0 Å². The normalized spacial score (nSPS) is 26.4. The number of nitrogens with one attached hydrogen (secondary N) is 2. The SMILES string of the molecule is CCCCCCN1CCC(NC(=O)[C@]2(CC(=O)OC(C)(C)C)CNC[C@@H]2C)CC1. The van der Waals surface area contributed by atoms with Crippen molar-refractivity contribution >= 4 is 11.9 Å². The van der Waals surface area contributed by atoms with E-state index in [4.69, 9.17) is 4.74 Å². The van der Waals surface area contributed by atoms with Crippen LogP contribution in [0.4, 0.5) is 0 Å². The summed E-state index contributed by atoms with van der Waals surface area (Å²) in [5.74, 6) is -0.166. The number of amides is 1. The fourth-order valence-corrected chi connectivity index (χ4v) is 4.53. The summed E-state index contributed by atoms with van der Waals surface area (Å²) in [5.41, 5.74) is -1.24. The number of unbranched alkanes of at least 4 members (excludes halogenated alkanes) is 3. The van der Waals surface area contributed by atoms with Gasteiger partial charge >= 0.3 is 5.97 Å². The molecule has 0 unspecified atom stereocenters. The van der Waals surface area contributed by atoms with Crippen molar-refractivity contribution in [3.8, 4) is 0 Å². The standard InChI is InChI=1S/C23H43N3O3/c1-6-7-8-9-12-26-13-10-19(11-14-26)25-21(28)23(17-24-16-18(23)2)15-20(27)29-22(3,4)5/h18-19,24H,6-17H2,1-5H3,(H,25,28)/t18-,23+/m0/s1. The Hall–Kier alpha value is -1.14. The highest BCUT2D eigenvalue weighted by atomic mass is 16.6. The van der Waals surface area contributed by atoms with E-state index in [1.807, 2.05) is 20.8 Å². The molecule has 2 atom stereocenters. The molecule has 29 heavy (non-hydrogen) atoms. The third kappa shape index (κ3) is 7.25. The van der Waals surface area contributed by atoms with Gasteiger partial charge in [0.2, 0.25) is 5.91 Å². The van der Waals surface area contributed by atoms with Gasteiger partial charge in [0, 0.05) is 25.7 Å². The molecule has 2 saturated heterocycles. The number of carbonyl (C=O) groups excluding carboxylic acids is 2. The smallest absolute Gasteiger partial charge is 0.307 e. The quantitative estimate of drug-likeness (QED) is 0.452. The Morgan fingerprint density at radius 2 is 1.86 bits per heavy atom. The van der Waals surface area contributed by atoms with Gasteiger partial charge in [0.05, 0.1) is 11.8 Å². The first-order valence-corrected chi connectivity index (χ1v) is 11.6. The summed E-state index contributed by atoms with van der Waals surface area (Å²) < 4.78 is 5.53. The molecule has 2 heterocycles. The highest BCUT2D eigenvalue weighted by molar-refractivity contribution is 5.88. The lowest BCUT2D eigenvalue weighted by Crippen LogP contribution is -2.53. The van der Waals surface area contributed by atoms with Gasteiger partial charge in [-0.2, -0.15) is 0 Å². The lowest BCUT2D eigenvalue weighted by molar-refractivity contribution is -0.161. The molecule has 2 fully saturated rings. The Kier molecular flexibility index (Phi) is 8.95. The van der Waals surface area contributed by atoms with Gasteiger partial charge in [0.1, 0.15) is 5.60 Å². The van der Waals surface area contributed by atoms with E-state index in [0.717, 1.165) is 32.5 Å². The summed E-state index contributed by atoms with van der Waals surface area (Å²) in [7, 11) is 0. The highest BCUT2D eigenvalue weighted by Gasteiger charge is 2.49. The van der Waals surface area contributed by atoms with E-state index in [1.54, 1.807) is 0 Å². The molecule has 2 rings (SSSR count). The zero-order valence-electron chi connectivity index (χ0n) is 19.3. The van der Waals surface area contributed by atoms with Crippen LogP contribution < -0.4 is 10.6 Å². The van der Waals surface area contributed by atoms with Crippen LogP contribution in [0.2, 0.25) is 0 Å². The van der Waals surface area contributed by atoms with E-state index < -0.39 is 11.0 Å². The van der Waals surface area contributed by atoms with Crippen LogP contribution in [0.15, 0.2) is 0 Å². The minimum absolute atomic E-state index is 0.0160. The number of hydrogen-bond donors (Lipinski definition) is 2. The topological polar surface area (TPSA) is 70.7 Å². The van der Waals surface area contributed by atoms with Gasteiger partial charge in [0.15, 0.2) is 0 Å². The molecule has 0 aromatic carbocycles. The van der Waals surface area contributed by atoms with Crippen molar-refractivity contribution in [1.82, 2.24) is 15.5 Å². The van der Waals surface area contributed by atoms with Gasteiger partial charge in [-0.1, -0.05) is 33.1 Å². The van der Waals surface area contributed by atoms with E-state index in [-0.39, 0.29) is 30.3 Å². The van der Waals surface area contributed by atoms with Crippen LogP contribution in [0.3, 0.4) is 0 Å². The lowest BCUT2D eigenvalue weighted by Gasteiger charge is -2.36. The summed E-state index contributed by atoms with van der Waals surface area (Å²) in [5, 5.41) is 6.60. The van der Waals surface area contributed by atoms with Crippen molar-refractivity contribution in [3.63, 3.8) is 0 Å². The maximum atomic E-state index is 13.3. The van der Waals surface area contributed by atoms with Crippen molar-refractivity contribution in [2.75, 3.05) is 32.7 Å². The van der Waals surface area contributed by atoms with Crippen LogP contribution >= 0.6 is 0 Å². The number of ether oxygens (including phenoxy) is 1. The van der Waals surface area contributed by atoms with Gasteiger partial charge in [-0.3, -0.25) is 9.59 Å².